The van der Waals surface area contributed by atoms with Crippen molar-refractivity contribution in [3.8, 4) is 11.8 Å². The molecule has 1 aromatic rings. The van der Waals surface area contributed by atoms with Gasteiger partial charge in [-0.05, 0) is 32.4 Å². The van der Waals surface area contributed by atoms with Crippen LogP contribution in [0.3, 0.4) is 0 Å². The molecule has 0 saturated heterocycles. The fraction of sp³-hybridized carbons (Fsp3) is 0.500. The Morgan fingerprint density at radius 2 is 2.20 bits per heavy atom. The molecular weight excluding hydrogens is 258 g/mol. The number of hydrogen-bond donors (Lipinski definition) is 1. The van der Waals surface area contributed by atoms with Crippen molar-refractivity contribution in [2.45, 2.75) is 37.8 Å². The van der Waals surface area contributed by atoms with Gasteiger partial charge in [-0.15, -0.1) is 0 Å². The summed E-state index contributed by atoms with van der Waals surface area (Å²) in [5, 5.41) is 23.0. The van der Waals surface area contributed by atoms with Crippen molar-refractivity contribution in [2.24, 2.45) is 0 Å². The number of rotatable bonds is 4. The standard InChI is InChI=1S/C14H17N3O3/c1-16-12-4-2-3-5-14(12)20-13-7-6-11(17(18)19)8-10(13)9-15/h6-8,12,14,16H,2-5H2,1H3. The van der Waals surface area contributed by atoms with Crippen LogP contribution in [0, 0.1) is 21.4 Å². The second-order valence-electron chi connectivity index (χ2n) is 4.89. The van der Waals surface area contributed by atoms with E-state index in [1.807, 2.05) is 13.1 Å². The summed E-state index contributed by atoms with van der Waals surface area (Å²) in [5.41, 5.74) is 0.113. The lowest BCUT2D eigenvalue weighted by atomic mass is 9.92. The molecule has 6 heteroatoms. The summed E-state index contributed by atoms with van der Waals surface area (Å²) < 4.78 is 5.91. The van der Waals surface area contributed by atoms with Crippen molar-refractivity contribution in [2.75, 3.05) is 7.05 Å². The van der Waals surface area contributed by atoms with Gasteiger partial charge in [-0.1, -0.05) is 6.42 Å². The Kier molecular flexibility index (Phi) is 4.53. The van der Waals surface area contributed by atoms with E-state index < -0.39 is 4.92 Å². The molecule has 2 unspecified atom stereocenters. The maximum atomic E-state index is 10.7. The highest BCUT2D eigenvalue weighted by atomic mass is 16.6. The van der Waals surface area contributed by atoms with Gasteiger partial charge in [0.2, 0.25) is 0 Å². The van der Waals surface area contributed by atoms with Crippen LogP contribution in [0.25, 0.3) is 0 Å². The zero-order valence-corrected chi connectivity index (χ0v) is 11.3. The predicted molar refractivity (Wildman–Crippen MR) is 73.5 cm³/mol. The lowest BCUT2D eigenvalue weighted by molar-refractivity contribution is -0.384. The SMILES string of the molecule is CNC1CCCCC1Oc1ccc([N+](=O)[O-])cc1C#N. The number of nitrogens with zero attached hydrogens (tertiary/aromatic N) is 2. The maximum Gasteiger partial charge on any atom is 0.271 e. The van der Waals surface area contributed by atoms with E-state index in [-0.39, 0.29) is 23.4 Å². The van der Waals surface area contributed by atoms with Crippen LogP contribution in [0.15, 0.2) is 18.2 Å². The zero-order chi connectivity index (χ0) is 14.5. The summed E-state index contributed by atoms with van der Waals surface area (Å²) in [4.78, 5) is 10.2. The van der Waals surface area contributed by atoms with Crippen LogP contribution >= 0.6 is 0 Å². The number of non-ortho nitro benzene ring substituents is 1. The van der Waals surface area contributed by atoms with Crippen molar-refractivity contribution in [3.63, 3.8) is 0 Å². The Hall–Kier alpha value is -2.13. The average molecular weight is 275 g/mol. The van der Waals surface area contributed by atoms with E-state index in [2.05, 4.69) is 5.32 Å². The summed E-state index contributed by atoms with van der Waals surface area (Å²) in [6.07, 6.45) is 4.22. The highest BCUT2D eigenvalue weighted by Crippen LogP contribution is 2.28. The van der Waals surface area contributed by atoms with Crippen molar-refractivity contribution in [1.82, 2.24) is 5.32 Å². The molecule has 0 spiro atoms. The third kappa shape index (κ3) is 3.06. The van der Waals surface area contributed by atoms with Gasteiger partial charge in [0.05, 0.1) is 4.92 Å². The molecule has 1 fully saturated rings. The van der Waals surface area contributed by atoms with Crippen LogP contribution in [0.4, 0.5) is 5.69 Å². The predicted octanol–water partition coefficient (Wildman–Crippen LogP) is 2.38. The van der Waals surface area contributed by atoms with Gasteiger partial charge in [0.15, 0.2) is 0 Å². The Bertz CT molecular complexity index is 539. The van der Waals surface area contributed by atoms with E-state index in [4.69, 9.17) is 10.00 Å². The molecule has 0 aromatic heterocycles. The fourth-order valence-electron chi connectivity index (χ4n) is 2.55. The Balaban J connectivity index is 2.20. The van der Waals surface area contributed by atoms with Crippen LogP contribution in [0.2, 0.25) is 0 Å². The van der Waals surface area contributed by atoms with Gasteiger partial charge in [-0.3, -0.25) is 10.1 Å². The monoisotopic (exact) mass is 275 g/mol. The number of nitrogens with one attached hydrogen (secondary N) is 1. The van der Waals surface area contributed by atoms with Gasteiger partial charge in [-0.25, -0.2) is 0 Å². The summed E-state index contributed by atoms with van der Waals surface area (Å²) in [7, 11) is 1.90. The van der Waals surface area contributed by atoms with Crippen LogP contribution < -0.4 is 10.1 Å². The number of nitro groups is 1. The molecule has 2 rings (SSSR count). The van der Waals surface area contributed by atoms with Crippen LogP contribution in [0.5, 0.6) is 5.75 Å². The number of likely N-dealkylation sites (N-methyl/N-ethyl adjacent to an activating group) is 1. The quantitative estimate of drug-likeness (QED) is 0.673. The van der Waals surface area contributed by atoms with Gasteiger partial charge in [0, 0.05) is 18.2 Å². The first kappa shape index (κ1) is 14.3. The lowest BCUT2D eigenvalue weighted by Gasteiger charge is -2.31. The third-order valence-electron chi connectivity index (χ3n) is 3.65. The molecule has 6 nitrogen and oxygen atoms in total. The summed E-state index contributed by atoms with van der Waals surface area (Å²) in [6, 6.07) is 6.36. The van der Waals surface area contributed by atoms with E-state index >= 15 is 0 Å². The minimum atomic E-state index is -0.512. The van der Waals surface area contributed by atoms with E-state index in [9.17, 15) is 10.1 Å². The second kappa shape index (κ2) is 6.35. The van der Waals surface area contributed by atoms with Crippen LogP contribution in [-0.2, 0) is 0 Å². The molecule has 2 atom stereocenters. The highest BCUT2D eigenvalue weighted by molar-refractivity contribution is 5.50. The maximum absolute atomic E-state index is 10.7. The van der Waals surface area contributed by atoms with Crippen LogP contribution in [-0.4, -0.2) is 24.1 Å². The zero-order valence-electron chi connectivity index (χ0n) is 11.3. The Morgan fingerprint density at radius 3 is 2.85 bits per heavy atom. The first-order valence-corrected chi connectivity index (χ1v) is 6.68. The van der Waals surface area contributed by atoms with Gasteiger partial charge in [0.1, 0.15) is 23.5 Å². The molecule has 0 radical (unpaired) electrons. The minimum Gasteiger partial charge on any atom is -0.487 e. The van der Waals surface area contributed by atoms with Gasteiger partial charge in [-0.2, -0.15) is 5.26 Å². The van der Waals surface area contributed by atoms with Gasteiger partial charge < -0.3 is 10.1 Å². The first-order chi connectivity index (χ1) is 9.65. The average Bonchev–Trinajstić information content (AvgIpc) is 2.48. The Labute approximate surface area is 117 Å². The first-order valence-electron chi connectivity index (χ1n) is 6.68. The van der Waals surface area contributed by atoms with E-state index in [0.29, 0.717) is 5.75 Å². The van der Waals surface area contributed by atoms with Crippen molar-refractivity contribution in [3.05, 3.63) is 33.9 Å². The molecule has 1 aliphatic carbocycles. The molecule has 20 heavy (non-hydrogen) atoms. The molecule has 1 saturated carbocycles. The van der Waals surface area contributed by atoms with E-state index in [1.165, 1.54) is 18.2 Å². The second-order valence-corrected chi connectivity index (χ2v) is 4.89. The molecule has 1 aromatic carbocycles. The molecule has 1 aliphatic rings. The summed E-state index contributed by atoms with van der Waals surface area (Å²) >= 11 is 0. The fourth-order valence-corrected chi connectivity index (χ4v) is 2.55. The minimum absolute atomic E-state index is 0.00214. The highest BCUT2D eigenvalue weighted by Gasteiger charge is 2.26. The lowest BCUT2D eigenvalue weighted by Crippen LogP contribution is -2.43. The third-order valence-corrected chi connectivity index (χ3v) is 3.65. The molecule has 0 bridgehead atoms. The van der Waals surface area contributed by atoms with E-state index in [1.54, 1.807) is 0 Å². The van der Waals surface area contributed by atoms with Crippen molar-refractivity contribution in [1.29, 1.82) is 5.26 Å². The molecule has 0 heterocycles. The summed E-state index contributed by atoms with van der Waals surface area (Å²) in [6.45, 7) is 0. The molecule has 1 N–H and O–H groups in total. The Morgan fingerprint density at radius 1 is 1.45 bits per heavy atom. The van der Waals surface area contributed by atoms with Crippen LogP contribution in [0.1, 0.15) is 31.2 Å². The molecular formula is C14H17N3O3. The summed E-state index contributed by atoms with van der Waals surface area (Å²) in [5.74, 6) is 0.422. The number of benzene rings is 1. The number of ether oxygens (including phenoxy) is 1. The van der Waals surface area contributed by atoms with Crippen molar-refractivity contribution < 1.29 is 9.66 Å². The van der Waals surface area contributed by atoms with Gasteiger partial charge in [0.25, 0.3) is 5.69 Å². The van der Waals surface area contributed by atoms with E-state index in [0.717, 1.165) is 25.7 Å². The number of nitriles is 1. The molecule has 0 aliphatic heterocycles. The number of nitro benzene ring substituents is 1. The van der Waals surface area contributed by atoms with Gasteiger partial charge >= 0.3 is 0 Å². The largest absolute Gasteiger partial charge is 0.487 e. The number of hydrogen-bond acceptors (Lipinski definition) is 5. The molecule has 0 amide bonds. The molecule has 106 valence electrons. The van der Waals surface area contributed by atoms with Crippen molar-refractivity contribution >= 4 is 5.69 Å². The smallest absolute Gasteiger partial charge is 0.271 e. The normalized spacial score (nSPS) is 22.0. The topological polar surface area (TPSA) is 88.2 Å².